The summed E-state index contributed by atoms with van der Waals surface area (Å²) in [6, 6.07) is 10.0. The third kappa shape index (κ3) is 1.81. The molecule has 3 N–H and O–H groups in total. The van der Waals surface area contributed by atoms with E-state index in [1.165, 1.54) is 0 Å². The van der Waals surface area contributed by atoms with E-state index in [4.69, 9.17) is 5.73 Å². The van der Waals surface area contributed by atoms with E-state index >= 15 is 0 Å². The maximum atomic E-state index is 9.19. The molecule has 0 aliphatic carbocycles. The van der Waals surface area contributed by atoms with Gasteiger partial charge in [0.1, 0.15) is 0 Å². The topological polar surface area (TPSA) is 65.6 Å². The Balaban J connectivity index is 2.64. The highest BCUT2D eigenvalue weighted by Crippen LogP contribution is 2.36. The molecule has 88 valence electrons. The highest BCUT2D eigenvalue weighted by atomic mass is 14.8. The van der Waals surface area contributed by atoms with E-state index in [1.54, 1.807) is 0 Å². The Morgan fingerprint density at radius 2 is 2.00 bits per heavy atom. The fraction of sp³-hybridized carbons (Fsp3) is 0.357. The van der Waals surface area contributed by atoms with Crippen molar-refractivity contribution in [2.75, 3.05) is 0 Å². The van der Waals surface area contributed by atoms with Gasteiger partial charge in [0.2, 0.25) is 0 Å². The zero-order chi connectivity index (χ0) is 12.6. The molecule has 0 radical (unpaired) electrons. The van der Waals surface area contributed by atoms with Crippen LogP contribution in [0.1, 0.15) is 31.1 Å². The molecule has 17 heavy (non-hydrogen) atoms. The second-order valence-corrected chi connectivity index (χ2v) is 5.02. The quantitative estimate of drug-likeness (QED) is 0.828. The van der Waals surface area contributed by atoms with Gasteiger partial charge in [0.05, 0.1) is 17.5 Å². The van der Waals surface area contributed by atoms with Crippen molar-refractivity contribution in [3.63, 3.8) is 0 Å². The van der Waals surface area contributed by atoms with Crippen molar-refractivity contribution in [2.45, 2.75) is 26.8 Å². The van der Waals surface area contributed by atoms with Crippen LogP contribution in [0.15, 0.2) is 24.3 Å². The number of rotatable bonds is 2. The largest absolute Gasteiger partial charge is 0.358 e. The SMILES string of the molecule is Cc1[nH]c2ccccc2c1C(N)C(C)(C)C#N. The minimum absolute atomic E-state index is 0.288. The number of hydrogen-bond acceptors (Lipinski definition) is 2. The summed E-state index contributed by atoms with van der Waals surface area (Å²) in [4.78, 5) is 3.31. The maximum absolute atomic E-state index is 9.19. The number of nitriles is 1. The fourth-order valence-electron chi connectivity index (χ4n) is 2.13. The Morgan fingerprint density at radius 3 is 2.65 bits per heavy atom. The number of hydrogen-bond donors (Lipinski definition) is 2. The summed E-state index contributed by atoms with van der Waals surface area (Å²) in [7, 11) is 0. The van der Waals surface area contributed by atoms with E-state index in [0.29, 0.717) is 0 Å². The molecular weight excluding hydrogens is 210 g/mol. The zero-order valence-electron chi connectivity index (χ0n) is 10.4. The molecule has 1 heterocycles. The van der Waals surface area contributed by atoms with E-state index in [2.05, 4.69) is 11.1 Å². The van der Waals surface area contributed by atoms with Gasteiger partial charge in [-0.3, -0.25) is 0 Å². The lowest BCUT2D eigenvalue weighted by Gasteiger charge is -2.24. The van der Waals surface area contributed by atoms with Crippen molar-refractivity contribution in [2.24, 2.45) is 11.1 Å². The highest BCUT2D eigenvalue weighted by Gasteiger charge is 2.30. The van der Waals surface area contributed by atoms with Crippen LogP contribution in [0.25, 0.3) is 10.9 Å². The second-order valence-electron chi connectivity index (χ2n) is 5.02. The number of aromatic nitrogens is 1. The summed E-state index contributed by atoms with van der Waals surface area (Å²) in [6.45, 7) is 5.75. The lowest BCUT2D eigenvalue weighted by atomic mass is 9.81. The number of H-pyrrole nitrogens is 1. The number of nitrogens with zero attached hydrogens (tertiary/aromatic N) is 1. The molecule has 0 spiro atoms. The maximum Gasteiger partial charge on any atom is 0.0711 e. The predicted molar refractivity (Wildman–Crippen MR) is 69.4 cm³/mol. The number of para-hydroxylation sites is 1. The van der Waals surface area contributed by atoms with Crippen LogP contribution < -0.4 is 5.73 Å². The van der Waals surface area contributed by atoms with Crippen LogP contribution >= 0.6 is 0 Å². The summed E-state index contributed by atoms with van der Waals surface area (Å²) in [5, 5.41) is 10.3. The van der Waals surface area contributed by atoms with Crippen LogP contribution in [0.3, 0.4) is 0 Å². The van der Waals surface area contributed by atoms with Gasteiger partial charge in [0, 0.05) is 16.6 Å². The van der Waals surface area contributed by atoms with Crippen molar-refractivity contribution in [1.82, 2.24) is 4.98 Å². The molecule has 1 atom stereocenters. The molecule has 1 aromatic heterocycles. The molecule has 0 aliphatic rings. The van der Waals surface area contributed by atoms with E-state index < -0.39 is 5.41 Å². The second kappa shape index (κ2) is 3.90. The number of nitrogens with one attached hydrogen (secondary N) is 1. The Bertz CT molecular complexity index is 587. The lowest BCUT2D eigenvalue weighted by molar-refractivity contribution is 0.394. The van der Waals surface area contributed by atoms with Crippen LogP contribution in [0, 0.1) is 23.7 Å². The van der Waals surface area contributed by atoms with Gasteiger partial charge >= 0.3 is 0 Å². The molecule has 0 fully saturated rings. The van der Waals surface area contributed by atoms with Crippen LogP contribution in [-0.2, 0) is 0 Å². The Labute approximate surface area is 101 Å². The standard InChI is InChI=1S/C14H17N3/c1-9-12(13(16)14(2,3)8-15)10-6-4-5-7-11(10)17-9/h4-7,13,17H,16H2,1-3H3. The van der Waals surface area contributed by atoms with Gasteiger partial charge in [-0.1, -0.05) is 18.2 Å². The fourth-order valence-corrected chi connectivity index (χ4v) is 2.13. The van der Waals surface area contributed by atoms with Gasteiger partial charge in [-0.2, -0.15) is 5.26 Å². The Hall–Kier alpha value is -1.79. The van der Waals surface area contributed by atoms with Crippen molar-refractivity contribution in [3.05, 3.63) is 35.5 Å². The van der Waals surface area contributed by atoms with Gasteiger partial charge < -0.3 is 10.7 Å². The molecule has 1 unspecified atom stereocenters. The Morgan fingerprint density at radius 1 is 1.35 bits per heavy atom. The van der Waals surface area contributed by atoms with E-state index in [-0.39, 0.29) is 6.04 Å². The monoisotopic (exact) mass is 227 g/mol. The Kier molecular flexibility index (Phi) is 2.68. The van der Waals surface area contributed by atoms with E-state index in [0.717, 1.165) is 22.2 Å². The average molecular weight is 227 g/mol. The minimum atomic E-state index is -0.574. The smallest absolute Gasteiger partial charge is 0.0711 e. The molecule has 0 saturated carbocycles. The molecular formula is C14H17N3. The van der Waals surface area contributed by atoms with Crippen LogP contribution in [0.2, 0.25) is 0 Å². The summed E-state index contributed by atoms with van der Waals surface area (Å²) >= 11 is 0. The first-order valence-corrected chi connectivity index (χ1v) is 5.71. The molecule has 3 nitrogen and oxygen atoms in total. The minimum Gasteiger partial charge on any atom is -0.358 e. The van der Waals surface area contributed by atoms with Gasteiger partial charge in [0.15, 0.2) is 0 Å². The van der Waals surface area contributed by atoms with Gasteiger partial charge in [-0.05, 0) is 32.4 Å². The summed E-state index contributed by atoms with van der Waals surface area (Å²) in [6.07, 6.45) is 0. The van der Waals surface area contributed by atoms with Crippen LogP contribution in [-0.4, -0.2) is 4.98 Å². The van der Waals surface area contributed by atoms with Crippen molar-refractivity contribution >= 4 is 10.9 Å². The van der Waals surface area contributed by atoms with Crippen molar-refractivity contribution in [3.8, 4) is 6.07 Å². The third-order valence-electron chi connectivity index (χ3n) is 3.32. The molecule has 0 amide bonds. The first-order valence-electron chi connectivity index (χ1n) is 5.71. The normalized spacial score (nSPS) is 13.6. The van der Waals surface area contributed by atoms with E-state index in [1.807, 2.05) is 45.0 Å². The lowest BCUT2D eigenvalue weighted by Crippen LogP contribution is -2.28. The highest BCUT2D eigenvalue weighted by molar-refractivity contribution is 5.85. The number of aryl methyl sites for hydroxylation is 1. The molecule has 0 aliphatic heterocycles. The van der Waals surface area contributed by atoms with Crippen LogP contribution in [0.5, 0.6) is 0 Å². The molecule has 2 rings (SSSR count). The van der Waals surface area contributed by atoms with Gasteiger partial charge in [-0.25, -0.2) is 0 Å². The summed E-state index contributed by atoms with van der Waals surface area (Å²) < 4.78 is 0. The molecule has 3 heteroatoms. The van der Waals surface area contributed by atoms with Crippen molar-refractivity contribution in [1.29, 1.82) is 5.26 Å². The zero-order valence-corrected chi connectivity index (χ0v) is 10.4. The van der Waals surface area contributed by atoms with Crippen LogP contribution in [0.4, 0.5) is 0 Å². The predicted octanol–water partition coefficient (Wildman–Crippen LogP) is 3.03. The molecule has 0 bridgehead atoms. The third-order valence-corrected chi connectivity index (χ3v) is 3.32. The number of aromatic amines is 1. The first-order chi connectivity index (χ1) is 7.97. The number of fused-ring (bicyclic) bond motifs is 1. The summed E-state index contributed by atoms with van der Waals surface area (Å²) in [5.74, 6) is 0. The molecule has 0 saturated heterocycles. The van der Waals surface area contributed by atoms with Gasteiger partial charge in [-0.15, -0.1) is 0 Å². The van der Waals surface area contributed by atoms with Gasteiger partial charge in [0.25, 0.3) is 0 Å². The van der Waals surface area contributed by atoms with E-state index in [9.17, 15) is 5.26 Å². The number of benzene rings is 1. The summed E-state index contributed by atoms with van der Waals surface area (Å²) in [5.41, 5.74) is 8.84. The average Bonchev–Trinajstić information content (AvgIpc) is 2.64. The van der Waals surface area contributed by atoms with Crippen molar-refractivity contribution < 1.29 is 0 Å². The molecule has 1 aromatic carbocycles. The molecule has 2 aromatic rings. The number of nitrogens with two attached hydrogens (primary N) is 1. The first kappa shape index (κ1) is 11.7.